The lowest BCUT2D eigenvalue weighted by atomic mass is 10.0. The second-order valence-electron chi connectivity index (χ2n) is 4.66. The van der Waals surface area contributed by atoms with Crippen molar-refractivity contribution in [2.45, 2.75) is 20.8 Å². The highest BCUT2D eigenvalue weighted by Gasteiger charge is 2.10. The van der Waals surface area contributed by atoms with Gasteiger partial charge in [-0.25, -0.2) is 0 Å². The number of H-pyrrole nitrogens is 1. The summed E-state index contributed by atoms with van der Waals surface area (Å²) in [7, 11) is 0. The molecule has 1 amide bonds. The summed E-state index contributed by atoms with van der Waals surface area (Å²) in [5.41, 5.74) is 3.92. The maximum absolute atomic E-state index is 12.1. The molecule has 0 bridgehead atoms. The van der Waals surface area contributed by atoms with Gasteiger partial charge >= 0.3 is 0 Å². The second kappa shape index (κ2) is 5.10. The summed E-state index contributed by atoms with van der Waals surface area (Å²) in [6.07, 6.45) is 0. The number of carbonyl (C=O) groups excluding carboxylic acids is 1. The van der Waals surface area contributed by atoms with Crippen LogP contribution in [0.1, 0.15) is 27.2 Å². The van der Waals surface area contributed by atoms with Crippen molar-refractivity contribution < 1.29 is 4.79 Å². The maximum atomic E-state index is 12.1. The van der Waals surface area contributed by atoms with Gasteiger partial charge in [0, 0.05) is 11.8 Å². The van der Waals surface area contributed by atoms with Gasteiger partial charge in [0.15, 0.2) is 0 Å². The summed E-state index contributed by atoms with van der Waals surface area (Å²) in [4.78, 5) is 25.8. The number of carbonyl (C=O) groups is 1. The highest BCUT2D eigenvalue weighted by atomic mass is 16.2. The number of benzene rings is 1. The number of aromatic amines is 1. The number of anilines is 1. The number of hydrogen-bond acceptors (Lipinski definition) is 2. The zero-order chi connectivity index (χ0) is 14.0. The molecule has 4 nitrogen and oxygen atoms in total. The lowest BCUT2D eigenvalue weighted by molar-refractivity contribution is 0.102. The Balaban J connectivity index is 2.32. The van der Waals surface area contributed by atoms with Gasteiger partial charge in [-0.1, -0.05) is 23.8 Å². The third kappa shape index (κ3) is 2.91. The fourth-order valence-electron chi connectivity index (χ4n) is 2.14. The SMILES string of the molecule is Cc1cc(C)c(NC(=O)c2cccc(=O)[nH]2)c(C)c1. The highest BCUT2D eigenvalue weighted by molar-refractivity contribution is 6.03. The van der Waals surface area contributed by atoms with Crippen molar-refractivity contribution in [1.29, 1.82) is 0 Å². The summed E-state index contributed by atoms with van der Waals surface area (Å²) in [6, 6.07) is 8.53. The summed E-state index contributed by atoms with van der Waals surface area (Å²) in [5, 5.41) is 2.84. The molecule has 0 aliphatic rings. The normalized spacial score (nSPS) is 10.3. The number of nitrogens with one attached hydrogen (secondary N) is 2. The molecule has 98 valence electrons. The minimum atomic E-state index is -0.312. The predicted octanol–water partition coefficient (Wildman–Crippen LogP) is 2.55. The molecular formula is C15H16N2O2. The fraction of sp³-hybridized carbons (Fsp3) is 0.200. The van der Waals surface area contributed by atoms with Crippen LogP contribution < -0.4 is 10.9 Å². The predicted molar refractivity (Wildman–Crippen MR) is 75.7 cm³/mol. The van der Waals surface area contributed by atoms with Gasteiger partial charge < -0.3 is 10.3 Å². The topological polar surface area (TPSA) is 62.0 Å². The van der Waals surface area contributed by atoms with Gasteiger partial charge in [-0.05, 0) is 38.0 Å². The van der Waals surface area contributed by atoms with Crippen LogP contribution >= 0.6 is 0 Å². The fourth-order valence-corrected chi connectivity index (χ4v) is 2.14. The summed E-state index contributed by atoms with van der Waals surface area (Å²) in [5.74, 6) is -0.312. The molecule has 1 heterocycles. The van der Waals surface area contributed by atoms with Gasteiger partial charge in [0.2, 0.25) is 5.56 Å². The van der Waals surface area contributed by atoms with Crippen molar-refractivity contribution in [3.05, 3.63) is 63.1 Å². The lowest BCUT2D eigenvalue weighted by Gasteiger charge is -2.12. The Morgan fingerprint density at radius 3 is 2.32 bits per heavy atom. The van der Waals surface area contributed by atoms with E-state index in [2.05, 4.69) is 10.3 Å². The van der Waals surface area contributed by atoms with Gasteiger partial charge in [-0.15, -0.1) is 0 Å². The van der Waals surface area contributed by atoms with Gasteiger partial charge in [-0.3, -0.25) is 9.59 Å². The third-order valence-electron chi connectivity index (χ3n) is 2.93. The summed E-state index contributed by atoms with van der Waals surface area (Å²) >= 11 is 0. The first-order chi connectivity index (χ1) is 8.97. The van der Waals surface area contributed by atoms with E-state index in [1.807, 2.05) is 32.9 Å². The zero-order valence-electron chi connectivity index (χ0n) is 11.2. The Morgan fingerprint density at radius 1 is 1.11 bits per heavy atom. The van der Waals surface area contributed by atoms with Crippen LogP contribution in [0.3, 0.4) is 0 Å². The molecule has 2 N–H and O–H groups in total. The average Bonchev–Trinajstić information content (AvgIpc) is 2.33. The van der Waals surface area contributed by atoms with Crippen molar-refractivity contribution in [3.8, 4) is 0 Å². The van der Waals surface area contributed by atoms with Gasteiger partial charge in [-0.2, -0.15) is 0 Å². The van der Waals surface area contributed by atoms with E-state index in [-0.39, 0.29) is 17.2 Å². The molecule has 0 aliphatic heterocycles. The van der Waals surface area contributed by atoms with E-state index in [4.69, 9.17) is 0 Å². The van der Waals surface area contributed by atoms with Gasteiger partial charge in [0.05, 0.1) is 0 Å². The van der Waals surface area contributed by atoms with Crippen LogP contribution in [0.25, 0.3) is 0 Å². The van der Waals surface area contributed by atoms with Crippen molar-refractivity contribution in [1.82, 2.24) is 4.98 Å². The number of rotatable bonds is 2. The van der Waals surface area contributed by atoms with E-state index in [1.54, 1.807) is 12.1 Å². The van der Waals surface area contributed by atoms with Crippen LogP contribution in [0.2, 0.25) is 0 Å². The number of aromatic nitrogens is 1. The second-order valence-corrected chi connectivity index (χ2v) is 4.66. The van der Waals surface area contributed by atoms with E-state index in [0.717, 1.165) is 22.4 Å². The smallest absolute Gasteiger partial charge is 0.272 e. The van der Waals surface area contributed by atoms with Crippen LogP contribution in [-0.2, 0) is 0 Å². The van der Waals surface area contributed by atoms with Crippen LogP contribution in [0, 0.1) is 20.8 Å². The number of aryl methyl sites for hydroxylation is 3. The molecule has 0 atom stereocenters. The molecule has 0 spiro atoms. The molecule has 0 saturated heterocycles. The standard InChI is InChI=1S/C15H16N2O2/c1-9-7-10(2)14(11(3)8-9)17-15(19)12-5-4-6-13(18)16-12/h4-8H,1-3H3,(H,16,18)(H,17,19). The minimum absolute atomic E-state index is 0.256. The van der Waals surface area contributed by atoms with Gasteiger partial charge in [0.25, 0.3) is 5.91 Å². The molecular weight excluding hydrogens is 240 g/mol. The van der Waals surface area contributed by atoms with E-state index >= 15 is 0 Å². The molecule has 0 aliphatic carbocycles. The molecule has 0 saturated carbocycles. The average molecular weight is 256 g/mol. The summed E-state index contributed by atoms with van der Waals surface area (Å²) < 4.78 is 0. The first-order valence-electron chi connectivity index (χ1n) is 6.06. The highest BCUT2D eigenvalue weighted by Crippen LogP contribution is 2.22. The Bertz CT molecular complexity index is 664. The molecule has 1 aromatic carbocycles. The van der Waals surface area contributed by atoms with E-state index in [1.165, 1.54) is 6.07 Å². The van der Waals surface area contributed by atoms with Crippen LogP contribution in [0.15, 0.2) is 35.1 Å². The van der Waals surface area contributed by atoms with Crippen LogP contribution in [0.4, 0.5) is 5.69 Å². The Labute approximate surface area is 111 Å². The molecule has 2 aromatic rings. The van der Waals surface area contributed by atoms with Crippen molar-refractivity contribution >= 4 is 11.6 Å². The number of hydrogen-bond donors (Lipinski definition) is 2. The number of amides is 1. The van der Waals surface area contributed by atoms with Crippen molar-refractivity contribution in [2.24, 2.45) is 0 Å². The van der Waals surface area contributed by atoms with E-state index in [0.29, 0.717) is 0 Å². The van der Waals surface area contributed by atoms with Crippen LogP contribution in [-0.4, -0.2) is 10.9 Å². The largest absolute Gasteiger partial charge is 0.320 e. The molecule has 1 aromatic heterocycles. The maximum Gasteiger partial charge on any atom is 0.272 e. The monoisotopic (exact) mass is 256 g/mol. The molecule has 4 heteroatoms. The zero-order valence-corrected chi connectivity index (χ0v) is 11.2. The first-order valence-corrected chi connectivity index (χ1v) is 6.06. The molecule has 0 radical (unpaired) electrons. The van der Waals surface area contributed by atoms with E-state index in [9.17, 15) is 9.59 Å². The Kier molecular flexibility index (Phi) is 3.51. The summed E-state index contributed by atoms with van der Waals surface area (Å²) in [6.45, 7) is 5.91. The van der Waals surface area contributed by atoms with Gasteiger partial charge in [0.1, 0.15) is 5.69 Å². The van der Waals surface area contributed by atoms with E-state index < -0.39 is 0 Å². The first kappa shape index (κ1) is 13.1. The minimum Gasteiger partial charge on any atom is -0.320 e. The third-order valence-corrected chi connectivity index (χ3v) is 2.93. The lowest BCUT2D eigenvalue weighted by Crippen LogP contribution is -2.19. The van der Waals surface area contributed by atoms with Crippen LogP contribution in [0.5, 0.6) is 0 Å². The molecule has 0 unspecified atom stereocenters. The Morgan fingerprint density at radius 2 is 1.74 bits per heavy atom. The van der Waals surface area contributed by atoms with Crippen molar-refractivity contribution in [3.63, 3.8) is 0 Å². The Hall–Kier alpha value is -2.36. The number of pyridine rings is 1. The van der Waals surface area contributed by atoms with Crippen molar-refractivity contribution in [2.75, 3.05) is 5.32 Å². The molecule has 0 fully saturated rings. The molecule has 2 rings (SSSR count). The molecule has 19 heavy (non-hydrogen) atoms. The quantitative estimate of drug-likeness (QED) is 0.867.